The summed E-state index contributed by atoms with van der Waals surface area (Å²) in [6, 6.07) is 0. The van der Waals surface area contributed by atoms with Gasteiger partial charge < -0.3 is 5.21 Å². The van der Waals surface area contributed by atoms with Gasteiger partial charge in [-0.05, 0) is 24.7 Å². The summed E-state index contributed by atoms with van der Waals surface area (Å²) in [7, 11) is 0. The zero-order valence-electron chi connectivity index (χ0n) is 8.09. The van der Waals surface area contributed by atoms with Gasteiger partial charge in [0.2, 0.25) is 0 Å². The van der Waals surface area contributed by atoms with Gasteiger partial charge in [0.25, 0.3) is 0 Å². The van der Waals surface area contributed by atoms with Crippen LogP contribution in [0.3, 0.4) is 0 Å². The lowest BCUT2D eigenvalue weighted by molar-refractivity contribution is 0.179. The summed E-state index contributed by atoms with van der Waals surface area (Å²) in [5.41, 5.74) is 1.54. The number of nitrogens with zero attached hydrogens (tertiary/aromatic N) is 1. The van der Waals surface area contributed by atoms with Crippen molar-refractivity contribution in [3.63, 3.8) is 0 Å². The van der Waals surface area contributed by atoms with Gasteiger partial charge in [0.15, 0.2) is 0 Å². The van der Waals surface area contributed by atoms with E-state index in [1.165, 1.54) is 19.3 Å². The van der Waals surface area contributed by atoms with Crippen LogP contribution in [0.4, 0.5) is 0 Å². The van der Waals surface area contributed by atoms with Gasteiger partial charge in [-0.25, -0.2) is 0 Å². The number of fused-ring (bicyclic) bond motifs is 2. The van der Waals surface area contributed by atoms with E-state index < -0.39 is 0 Å². The van der Waals surface area contributed by atoms with Crippen molar-refractivity contribution in [3.05, 3.63) is 0 Å². The summed E-state index contributed by atoms with van der Waals surface area (Å²) >= 11 is 0. The second-order valence-corrected chi connectivity index (χ2v) is 5.11. The largest absolute Gasteiger partial charge is 0.411 e. The summed E-state index contributed by atoms with van der Waals surface area (Å²) < 4.78 is 0. The van der Waals surface area contributed by atoms with Gasteiger partial charge in [0.05, 0.1) is 5.71 Å². The highest BCUT2D eigenvalue weighted by Crippen LogP contribution is 2.62. The maximum Gasteiger partial charge on any atom is 0.0663 e. The molecule has 1 N–H and O–H groups in total. The van der Waals surface area contributed by atoms with Gasteiger partial charge in [0.1, 0.15) is 0 Å². The minimum absolute atomic E-state index is 0.116. The number of oxime groups is 1. The summed E-state index contributed by atoms with van der Waals surface area (Å²) in [4.78, 5) is 0. The Bertz CT molecular complexity index is 244. The molecule has 2 aliphatic carbocycles. The smallest absolute Gasteiger partial charge is 0.0663 e. The van der Waals surface area contributed by atoms with Gasteiger partial charge in [-0.1, -0.05) is 25.9 Å². The van der Waals surface area contributed by atoms with Crippen LogP contribution in [0.25, 0.3) is 0 Å². The van der Waals surface area contributed by atoms with Crippen LogP contribution in [-0.4, -0.2) is 10.9 Å². The number of hydrogen-bond donors (Lipinski definition) is 1. The van der Waals surface area contributed by atoms with Crippen LogP contribution in [0.1, 0.15) is 40.0 Å². The van der Waals surface area contributed by atoms with Gasteiger partial charge in [-0.15, -0.1) is 0 Å². The third-order valence-corrected chi connectivity index (χ3v) is 4.39. The molecule has 2 fully saturated rings. The highest BCUT2D eigenvalue weighted by Gasteiger charge is 2.58. The van der Waals surface area contributed by atoms with Gasteiger partial charge in [0, 0.05) is 11.3 Å². The lowest BCUT2D eigenvalue weighted by Gasteiger charge is -2.39. The molecule has 12 heavy (non-hydrogen) atoms. The average molecular weight is 167 g/mol. The Morgan fingerprint density at radius 1 is 1.42 bits per heavy atom. The summed E-state index contributed by atoms with van der Waals surface area (Å²) in [6.07, 6.45) is 3.74. The van der Waals surface area contributed by atoms with Crippen molar-refractivity contribution >= 4 is 5.71 Å². The van der Waals surface area contributed by atoms with Crippen molar-refractivity contribution in [2.75, 3.05) is 0 Å². The first kappa shape index (κ1) is 8.09. The van der Waals surface area contributed by atoms with E-state index >= 15 is 0 Å². The molecule has 68 valence electrons. The molecule has 0 aromatic rings. The van der Waals surface area contributed by atoms with Crippen LogP contribution in [-0.2, 0) is 0 Å². The van der Waals surface area contributed by atoms with Crippen molar-refractivity contribution < 1.29 is 5.21 Å². The standard InChI is InChI=1S/C10H17NO/c1-9(2)8(11-12)7-4-5-10(9,3)6-7/h7,12H,4-6H2,1-3H3/b11-8-/t7-,10+/m0/s1. The Kier molecular flexibility index (Phi) is 1.37. The molecule has 0 amide bonds. The van der Waals surface area contributed by atoms with E-state index in [4.69, 9.17) is 5.21 Å². The summed E-state index contributed by atoms with van der Waals surface area (Å²) in [5.74, 6) is 0.565. The van der Waals surface area contributed by atoms with Crippen LogP contribution >= 0.6 is 0 Å². The Labute approximate surface area is 73.7 Å². The molecular formula is C10H17NO. The van der Waals surface area contributed by atoms with E-state index in [1.807, 2.05) is 0 Å². The Balaban J connectivity index is 2.45. The third-order valence-electron chi connectivity index (χ3n) is 4.39. The molecule has 2 nitrogen and oxygen atoms in total. The first-order valence-electron chi connectivity index (χ1n) is 4.74. The SMILES string of the molecule is CC1(C)/C(=N\O)[C@H]2CC[C@]1(C)C2. The molecule has 2 heteroatoms. The fourth-order valence-corrected chi connectivity index (χ4v) is 3.07. The number of hydrogen-bond acceptors (Lipinski definition) is 2. The first-order valence-corrected chi connectivity index (χ1v) is 4.74. The predicted molar refractivity (Wildman–Crippen MR) is 48.5 cm³/mol. The summed E-state index contributed by atoms with van der Waals surface area (Å²) in [5, 5.41) is 12.4. The van der Waals surface area contributed by atoms with E-state index in [2.05, 4.69) is 25.9 Å². The van der Waals surface area contributed by atoms with E-state index in [-0.39, 0.29) is 5.41 Å². The van der Waals surface area contributed by atoms with Crippen LogP contribution in [0.2, 0.25) is 0 Å². The van der Waals surface area contributed by atoms with E-state index in [0.717, 1.165) is 5.71 Å². The topological polar surface area (TPSA) is 32.6 Å². The molecule has 0 heterocycles. The molecule has 2 bridgehead atoms. The molecule has 2 atom stereocenters. The lowest BCUT2D eigenvalue weighted by Crippen LogP contribution is -2.37. The maximum absolute atomic E-state index is 8.93. The molecule has 0 saturated heterocycles. The third kappa shape index (κ3) is 0.686. The molecule has 2 aliphatic rings. The van der Waals surface area contributed by atoms with Crippen LogP contribution < -0.4 is 0 Å². The molecule has 0 aliphatic heterocycles. The van der Waals surface area contributed by atoms with Crippen molar-refractivity contribution in [1.29, 1.82) is 0 Å². The van der Waals surface area contributed by atoms with Crippen molar-refractivity contribution in [1.82, 2.24) is 0 Å². The maximum atomic E-state index is 8.93. The molecule has 0 aromatic carbocycles. The van der Waals surface area contributed by atoms with Gasteiger partial charge in [-0.2, -0.15) is 0 Å². The minimum atomic E-state index is 0.116. The van der Waals surface area contributed by atoms with E-state index in [9.17, 15) is 0 Å². The van der Waals surface area contributed by atoms with Gasteiger partial charge >= 0.3 is 0 Å². The molecule has 0 radical (unpaired) electrons. The lowest BCUT2D eigenvalue weighted by atomic mass is 9.65. The normalized spacial score (nSPS) is 47.2. The fraction of sp³-hybridized carbons (Fsp3) is 0.900. The van der Waals surface area contributed by atoms with Crippen molar-refractivity contribution in [3.8, 4) is 0 Å². The van der Waals surface area contributed by atoms with E-state index in [0.29, 0.717) is 11.3 Å². The second kappa shape index (κ2) is 2.04. The highest BCUT2D eigenvalue weighted by molar-refractivity contribution is 5.95. The van der Waals surface area contributed by atoms with Gasteiger partial charge in [-0.3, -0.25) is 0 Å². The second-order valence-electron chi connectivity index (χ2n) is 5.11. The Morgan fingerprint density at radius 2 is 2.08 bits per heavy atom. The predicted octanol–water partition coefficient (Wildman–Crippen LogP) is 2.66. The highest BCUT2D eigenvalue weighted by atomic mass is 16.4. The zero-order chi connectivity index (χ0) is 8.98. The number of rotatable bonds is 0. The quantitative estimate of drug-likeness (QED) is 0.436. The molecular weight excluding hydrogens is 150 g/mol. The molecule has 0 aromatic heterocycles. The van der Waals surface area contributed by atoms with Crippen molar-refractivity contribution in [2.45, 2.75) is 40.0 Å². The van der Waals surface area contributed by atoms with Crippen molar-refractivity contribution in [2.24, 2.45) is 21.9 Å². The Hall–Kier alpha value is -0.530. The molecule has 2 rings (SSSR count). The van der Waals surface area contributed by atoms with Crippen LogP contribution in [0.5, 0.6) is 0 Å². The van der Waals surface area contributed by atoms with E-state index in [1.54, 1.807) is 0 Å². The van der Waals surface area contributed by atoms with Crippen LogP contribution in [0, 0.1) is 16.7 Å². The van der Waals surface area contributed by atoms with Crippen LogP contribution in [0.15, 0.2) is 5.16 Å². The molecule has 0 unspecified atom stereocenters. The summed E-state index contributed by atoms with van der Waals surface area (Å²) in [6.45, 7) is 6.74. The first-order chi connectivity index (χ1) is 5.51. The zero-order valence-corrected chi connectivity index (χ0v) is 8.09. The molecule has 0 spiro atoms. The molecule has 2 saturated carbocycles. The average Bonchev–Trinajstić information content (AvgIpc) is 2.41. The minimum Gasteiger partial charge on any atom is -0.411 e. The monoisotopic (exact) mass is 167 g/mol. The fourth-order valence-electron chi connectivity index (χ4n) is 3.07. The Morgan fingerprint density at radius 3 is 2.42 bits per heavy atom.